The normalized spacial score (nSPS) is 13.2. The van der Waals surface area contributed by atoms with Gasteiger partial charge in [0.1, 0.15) is 19.8 Å². The van der Waals surface area contributed by atoms with Crippen LogP contribution < -0.4 is 0 Å². The third kappa shape index (κ3) is 54.2. The maximum atomic E-state index is 12.8. The van der Waals surface area contributed by atoms with Crippen molar-refractivity contribution in [3.63, 3.8) is 0 Å². The van der Waals surface area contributed by atoms with Crippen LogP contribution >= 0.6 is 7.82 Å². The summed E-state index contributed by atoms with van der Waals surface area (Å²) in [6.45, 7) is 4.47. The number of ether oxygens (including phenoxy) is 2. The maximum absolute atomic E-state index is 12.8. The van der Waals surface area contributed by atoms with Gasteiger partial charge in [-0.25, -0.2) is 4.57 Å². The van der Waals surface area contributed by atoms with Gasteiger partial charge in [-0.2, -0.15) is 0 Å². The first-order valence-electron chi connectivity index (χ1n) is 29.3. The molecule has 0 aliphatic rings. The molecule has 0 aromatic rings. The fourth-order valence-corrected chi connectivity index (χ4v) is 9.58. The SMILES string of the molecule is CCCCCCCCCCCCCCCCCCCCCCCCCCCCCCCCCCCC(=O)OC(COC(=O)CCCCCCCCCCCC)COP(=O)(O)OCC[N+](C)(C)C. The highest BCUT2D eigenvalue weighted by Gasteiger charge is 2.27. The molecule has 2 atom stereocenters. The number of carbonyl (C=O) groups excluding carboxylic acids is 2. The molecule has 0 fully saturated rings. The van der Waals surface area contributed by atoms with Crippen molar-refractivity contribution >= 4 is 19.8 Å². The molecule has 0 spiro atoms. The van der Waals surface area contributed by atoms with Gasteiger partial charge in [-0.3, -0.25) is 18.6 Å². The highest BCUT2D eigenvalue weighted by atomic mass is 31.2. The van der Waals surface area contributed by atoms with Crippen molar-refractivity contribution in [1.29, 1.82) is 0 Å². The summed E-state index contributed by atoms with van der Waals surface area (Å²) in [4.78, 5) is 35.5. The van der Waals surface area contributed by atoms with E-state index in [2.05, 4.69) is 13.8 Å². The Hall–Kier alpha value is -0.990. The third-order valence-electron chi connectivity index (χ3n) is 13.4. The molecule has 10 heteroatoms. The van der Waals surface area contributed by atoms with Gasteiger partial charge < -0.3 is 18.9 Å². The minimum Gasteiger partial charge on any atom is -0.462 e. The summed E-state index contributed by atoms with van der Waals surface area (Å²) in [5, 5.41) is 0. The van der Waals surface area contributed by atoms with Crippen molar-refractivity contribution in [3.8, 4) is 0 Å². The van der Waals surface area contributed by atoms with E-state index in [9.17, 15) is 19.0 Å². The fourth-order valence-electron chi connectivity index (χ4n) is 8.84. The van der Waals surface area contributed by atoms with Crippen LogP contribution in [0, 0.1) is 0 Å². The molecule has 1 N–H and O–H groups in total. The number of phosphoric acid groups is 1. The van der Waals surface area contributed by atoms with Gasteiger partial charge in [-0.05, 0) is 12.8 Å². The first-order chi connectivity index (χ1) is 32.5. The molecule has 67 heavy (non-hydrogen) atoms. The van der Waals surface area contributed by atoms with E-state index < -0.39 is 26.5 Å². The molecule has 0 aromatic heterocycles. The molecule has 0 amide bonds. The van der Waals surface area contributed by atoms with Crippen molar-refractivity contribution in [2.75, 3.05) is 47.5 Å². The standard InChI is InChI=1S/C57H114NO8P/c1-6-8-10-12-14-16-18-19-20-21-22-23-24-25-26-27-28-29-30-31-32-33-34-35-36-37-38-39-40-42-44-46-48-50-57(60)66-55(54-65-67(61,62)64-52-51-58(3,4)5)53-63-56(59)49-47-45-43-41-17-15-13-11-9-7-2/h55H,6-54H2,1-5H3/p+1. The molecule has 0 saturated heterocycles. The first-order valence-corrected chi connectivity index (χ1v) is 30.8. The van der Waals surface area contributed by atoms with Gasteiger partial charge in [0.05, 0.1) is 27.7 Å². The summed E-state index contributed by atoms with van der Waals surface area (Å²) in [6, 6.07) is 0. The van der Waals surface area contributed by atoms with E-state index in [4.69, 9.17) is 18.5 Å². The van der Waals surface area contributed by atoms with Crippen LogP contribution in [0.5, 0.6) is 0 Å². The van der Waals surface area contributed by atoms with E-state index in [1.54, 1.807) is 0 Å². The van der Waals surface area contributed by atoms with Crippen molar-refractivity contribution in [1.82, 2.24) is 0 Å². The minimum absolute atomic E-state index is 0.0370. The zero-order chi connectivity index (χ0) is 49.2. The maximum Gasteiger partial charge on any atom is 0.472 e. The highest BCUT2D eigenvalue weighted by molar-refractivity contribution is 7.47. The predicted molar refractivity (Wildman–Crippen MR) is 285 cm³/mol. The minimum atomic E-state index is -4.37. The van der Waals surface area contributed by atoms with E-state index >= 15 is 0 Å². The smallest absolute Gasteiger partial charge is 0.462 e. The molecular weight excluding hydrogens is 858 g/mol. The first kappa shape index (κ1) is 66.0. The van der Waals surface area contributed by atoms with Gasteiger partial charge in [0, 0.05) is 12.8 Å². The van der Waals surface area contributed by atoms with Gasteiger partial charge >= 0.3 is 19.8 Å². The Morgan fingerprint density at radius 3 is 0.955 bits per heavy atom. The van der Waals surface area contributed by atoms with E-state index in [1.807, 2.05) is 21.1 Å². The molecular formula is C57H115NO8P+. The quantitative estimate of drug-likeness (QED) is 0.0278. The lowest BCUT2D eigenvalue weighted by Crippen LogP contribution is -2.37. The van der Waals surface area contributed by atoms with Crippen LogP contribution in [0.25, 0.3) is 0 Å². The van der Waals surface area contributed by atoms with Gasteiger partial charge in [0.2, 0.25) is 0 Å². The summed E-state index contributed by atoms with van der Waals surface area (Å²) < 4.78 is 34.4. The van der Waals surface area contributed by atoms with E-state index in [0.29, 0.717) is 17.4 Å². The zero-order valence-corrected chi connectivity index (χ0v) is 46.3. The number of quaternary nitrogens is 1. The number of rotatable bonds is 55. The topological polar surface area (TPSA) is 108 Å². The molecule has 9 nitrogen and oxygen atoms in total. The molecule has 0 bridgehead atoms. The lowest BCUT2D eigenvalue weighted by molar-refractivity contribution is -0.870. The van der Waals surface area contributed by atoms with Crippen molar-refractivity contribution in [2.24, 2.45) is 0 Å². The number of phosphoric ester groups is 1. The number of nitrogens with zero attached hydrogens (tertiary/aromatic N) is 1. The van der Waals surface area contributed by atoms with Gasteiger partial charge in [-0.15, -0.1) is 0 Å². The Labute approximate surface area is 416 Å². The number of likely N-dealkylation sites (N-methyl/N-ethyl adjacent to an activating group) is 1. The van der Waals surface area contributed by atoms with Gasteiger partial charge in [0.25, 0.3) is 0 Å². The second-order valence-corrected chi connectivity index (χ2v) is 22.9. The van der Waals surface area contributed by atoms with Crippen LogP contribution in [0.4, 0.5) is 0 Å². The Bertz CT molecular complexity index is 1100. The largest absolute Gasteiger partial charge is 0.472 e. The van der Waals surface area contributed by atoms with Crippen molar-refractivity contribution < 1.29 is 42.1 Å². The summed E-state index contributed by atoms with van der Waals surface area (Å²) >= 11 is 0. The second-order valence-electron chi connectivity index (χ2n) is 21.4. The number of carbonyl (C=O) groups is 2. The summed E-state index contributed by atoms with van der Waals surface area (Å²) in [6.07, 6.45) is 56.4. The molecule has 2 unspecified atom stereocenters. The molecule has 400 valence electrons. The summed E-state index contributed by atoms with van der Waals surface area (Å²) in [7, 11) is 1.50. The van der Waals surface area contributed by atoms with Crippen molar-refractivity contribution in [2.45, 2.75) is 309 Å². The molecule has 0 aromatic carbocycles. The number of unbranched alkanes of at least 4 members (excludes halogenated alkanes) is 41. The van der Waals surface area contributed by atoms with E-state index in [-0.39, 0.29) is 25.6 Å². The molecule has 0 aliphatic heterocycles. The van der Waals surface area contributed by atoms with Gasteiger partial charge in [-0.1, -0.05) is 277 Å². The lowest BCUT2D eigenvalue weighted by atomic mass is 10.0. The van der Waals surface area contributed by atoms with E-state index in [1.165, 1.54) is 238 Å². The number of hydrogen-bond acceptors (Lipinski definition) is 7. The Kier molecular flexibility index (Phi) is 49.2. The summed E-state index contributed by atoms with van der Waals surface area (Å²) in [5.74, 6) is -0.780. The third-order valence-corrected chi connectivity index (χ3v) is 14.4. The lowest BCUT2D eigenvalue weighted by Gasteiger charge is -2.24. The Balaban J connectivity index is 3.88. The van der Waals surface area contributed by atoms with Crippen LogP contribution in [0.1, 0.15) is 303 Å². The average molecular weight is 974 g/mol. The zero-order valence-electron chi connectivity index (χ0n) is 45.4. The van der Waals surface area contributed by atoms with Crippen LogP contribution in [0.2, 0.25) is 0 Å². The highest BCUT2D eigenvalue weighted by Crippen LogP contribution is 2.43. The monoisotopic (exact) mass is 973 g/mol. The summed E-state index contributed by atoms with van der Waals surface area (Å²) in [5.41, 5.74) is 0. The predicted octanol–water partition coefficient (Wildman–Crippen LogP) is 17.9. The van der Waals surface area contributed by atoms with Gasteiger partial charge in [0.15, 0.2) is 6.10 Å². The van der Waals surface area contributed by atoms with Crippen LogP contribution in [0.15, 0.2) is 0 Å². The van der Waals surface area contributed by atoms with Crippen molar-refractivity contribution in [3.05, 3.63) is 0 Å². The van der Waals surface area contributed by atoms with E-state index in [0.717, 1.165) is 38.5 Å². The average Bonchev–Trinajstić information content (AvgIpc) is 3.29. The van der Waals surface area contributed by atoms with Crippen LogP contribution in [-0.2, 0) is 32.7 Å². The molecule has 0 saturated carbocycles. The fraction of sp³-hybridized carbons (Fsp3) is 0.965. The Morgan fingerprint density at radius 1 is 0.403 bits per heavy atom. The molecule has 0 heterocycles. The number of hydrogen-bond donors (Lipinski definition) is 1. The Morgan fingerprint density at radius 2 is 0.672 bits per heavy atom. The number of esters is 2. The van der Waals surface area contributed by atoms with Crippen LogP contribution in [0.3, 0.4) is 0 Å². The van der Waals surface area contributed by atoms with Crippen LogP contribution in [-0.4, -0.2) is 74.9 Å². The molecule has 0 rings (SSSR count). The second kappa shape index (κ2) is 50.0. The molecule has 0 aliphatic carbocycles. The molecule has 0 radical (unpaired) electrons.